The molecule has 0 bridgehead atoms. The monoisotopic (exact) mass is 453 g/mol. The van der Waals surface area contributed by atoms with Gasteiger partial charge in [-0.2, -0.15) is 0 Å². The summed E-state index contributed by atoms with van der Waals surface area (Å²) in [6.45, 7) is 6.99. The van der Waals surface area contributed by atoms with E-state index in [1.165, 1.54) is 11.8 Å². The van der Waals surface area contributed by atoms with Crippen molar-refractivity contribution in [2.75, 3.05) is 29.1 Å². The van der Waals surface area contributed by atoms with E-state index in [9.17, 15) is 9.59 Å². The van der Waals surface area contributed by atoms with E-state index in [4.69, 9.17) is 9.73 Å². The zero-order valence-electron chi connectivity index (χ0n) is 18.3. The molecule has 2 aromatic carbocycles. The van der Waals surface area contributed by atoms with Crippen LogP contribution in [0.25, 0.3) is 0 Å². The molecule has 2 unspecified atom stereocenters. The van der Waals surface area contributed by atoms with E-state index >= 15 is 0 Å². The summed E-state index contributed by atoms with van der Waals surface area (Å²) in [5.74, 6) is 0.378. The zero-order chi connectivity index (χ0) is 22.7. The molecule has 0 spiro atoms. The first-order chi connectivity index (χ1) is 15.5. The van der Waals surface area contributed by atoms with Gasteiger partial charge >= 0.3 is 0 Å². The smallest absolute Gasteiger partial charge is 0.241 e. The number of ether oxygens (including phenoxy) is 1. The van der Waals surface area contributed by atoms with Gasteiger partial charge in [-0.25, -0.2) is 10.4 Å². The summed E-state index contributed by atoms with van der Waals surface area (Å²) < 4.78 is 5.51. The fourth-order valence-corrected chi connectivity index (χ4v) is 4.51. The van der Waals surface area contributed by atoms with Crippen LogP contribution >= 0.6 is 11.8 Å². The summed E-state index contributed by atoms with van der Waals surface area (Å²) in [5.41, 5.74) is 9.70. The fourth-order valence-electron chi connectivity index (χ4n) is 3.67. The molecule has 2 atom stereocenters. The number of aliphatic imine (C=N–C) groups is 1. The molecule has 0 saturated carbocycles. The molecule has 8 nitrogen and oxygen atoms in total. The van der Waals surface area contributed by atoms with Crippen molar-refractivity contribution in [3.63, 3.8) is 0 Å². The van der Waals surface area contributed by atoms with Gasteiger partial charge in [-0.15, -0.1) is 0 Å². The molecule has 2 aliphatic rings. The topological polar surface area (TPSA) is 95.1 Å². The van der Waals surface area contributed by atoms with Crippen molar-refractivity contribution >= 4 is 40.1 Å². The lowest BCUT2D eigenvalue weighted by Gasteiger charge is -2.32. The number of rotatable bonds is 6. The summed E-state index contributed by atoms with van der Waals surface area (Å²) in [7, 11) is 0. The van der Waals surface area contributed by atoms with Crippen LogP contribution in [0.1, 0.15) is 18.1 Å². The molecule has 3 N–H and O–H groups in total. The highest BCUT2D eigenvalue weighted by molar-refractivity contribution is 8.14. The van der Waals surface area contributed by atoms with Crippen molar-refractivity contribution in [3.05, 3.63) is 53.6 Å². The number of amidine groups is 1. The number of carbonyl (C=O) groups excluding carboxylic acids is 2. The van der Waals surface area contributed by atoms with Gasteiger partial charge in [-0.3, -0.25) is 19.9 Å². The molecule has 2 amide bonds. The van der Waals surface area contributed by atoms with Gasteiger partial charge in [0.2, 0.25) is 11.8 Å². The Kier molecular flexibility index (Phi) is 6.78. The number of anilines is 2. The van der Waals surface area contributed by atoms with Crippen molar-refractivity contribution in [1.82, 2.24) is 10.9 Å². The van der Waals surface area contributed by atoms with Gasteiger partial charge in [0.05, 0.1) is 24.0 Å². The third-order valence-electron chi connectivity index (χ3n) is 5.55. The average molecular weight is 454 g/mol. The van der Waals surface area contributed by atoms with Gasteiger partial charge in [0, 0.05) is 12.2 Å². The van der Waals surface area contributed by atoms with Crippen molar-refractivity contribution in [3.8, 4) is 5.75 Å². The molecule has 2 aliphatic heterocycles. The summed E-state index contributed by atoms with van der Waals surface area (Å²) in [5, 5.41) is 3.45. The quantitative estimate of drug-likeness (QED) is 0.623. The zero-order valence-corrected chi connectivity index (χ0v) is 19.2. The maximum absolute atomic E-state index is 13.3. The first-order valence-electron chi connectivity index (χ1n) is 10.6. The van der Waals surface area contributed by atoms with Crippen LogP contribution < -0.4 is 25.8 Å². The molecular weight excluding hydrogens is 426 g/mol. The van der Waals surface area contributed by atoms with Crippen molar-refractivity contribution in [2.45, 2.75) is 26.9 Å². The third-order valence-corrected chi connectivity index (χ3v) is 6.50. The third kappa shape index (κ3) is 4.64. The first kappa shape index (κ1) is 22.3. The minimum absolute atomic E-state index is 0.0518. The Balaban J connectivity index is 1.52. The number of benzene rings is 2. The lowest BCUT2D eigenvalue weighted by Crippen LogP contribution is -2.49. The highest BCUT2D eigenvalue weighted by Crippen LogP contribution is 2.30. The second-order valence-corrected chi connectivity index (χ2v) is 8.62. The molecule has 1 fully saturated rings. The fraction of sp³-hybridized carbons (Fsp3) is 0.348. The van der Waals surface area contributed by atoms with E-state index in [0.29, 0.717) is 24.0 Å². The largest absolute Gasteiger partial charge is 0.494 e. The number of nitrogens with zero attached hydrogens (tertiary/aromatic N) is 2. The Morgan fingerprint density at radius 2 is 2.03 bits per heavy atom. The van der Waals surface area contributed by atoms with Crippen LogP contribution in [0.15, 0.2) is 47.5 Å². The molecule has 168 valence electrons. The minimum Gasteiger partial charge on any atom is -0.494 e. The first-order valence-corrected chi connectivity index (χ1v) is 11.6. The highest BCUT2D eigenvalue weighted by Gasteiger charge is 2.42. The van der Waals surface area contributed by atoms with Crippen LogP contribution in [-0.4, -0.2) is 42.1 Å². The number of thioether (sulfide) groups is 1. The van der Waals surface area contributed by atoms with Crippen LogP contribution in [0.2, 0.25) is 0 Å². The number of aryl methyl sites for hydroxylation is 1. The number of hydrazine groups is 1. The minimum atomic E-state index is -0.342. The van der Waals surface area contributed by atoms with E-state index in [1.807, 2.05) is 63.2 Å². The second kappa shape index (κ2) is 9.72. The van der Waals surface area contributed by atoms with Gasteiger partial charge in [0.1, 0.15) is 11.9 Å². The number of hydrogen-bond donors (Lipinski definition) is 3. The summed E-state index contributed by atoms with van der Waals surface area (Å²) in [4.78, 5) is 32.2. The van der Waals surface area contributed by atoms with Gasteiger partial charge in [-0.1, -0.05) is 23.9 Å². The van der Waals surface area contributed by atoms with Crippen LogP contribution in [0, 0.1) is 19.8 Å². The predicted molar refractivity (Wildman–Crippen MR) is 128 cm³/mol. The van der Waals surface area contributed by atoms with Crippen LogP contribution in [-0.2, 0) is 9.59 Å². The van der Waals surface area contributed by atoms with E-state index in [0.717, 1.165) is 22.6 Å². The molecule has 32 heavy (non-hydrogen) atoms. The van der Waals surface area contributed by atoms with Crippen molar-refractivity contribution in [2.24, 2.45) is 10.9 Å². The maximum Gasteiger partial charge on any atom is 0.241 e. The number of carbonyl (C=O) groups is 2. The predicted octanol–water partition coefficient (Wildman–Crippen LogP) is 2.83. The van der Waals surface area contributed by atoms with Crippen molar-refractivity contribution in [1.29, 1.82) is 0 Å². The second-order valence-electron chi connectivity index (χ2n) is 7.67. The molecule has 1 saturated heterocycles. The summed E-state index contributed by atoms with van der Waals surface area (Å²) >= 11 is 1.25. The summed E-state index contributed by atoms with van der Waals surface area (Å²) in [6, 6.07) is 13.2. The lowest BCUT2D eigenvalue weighted by atomic mass is 10.0. The molecule has 0 aliphatic carbocycles. The molecule has 4 rings (SSSR count). The standard InChI is InChI=1S/C23H27N5O3S/c1-4-31-17-10-8-16(9-11-17)28-22(30)18-12-24-27-21(18)26-23(28)32-13-20(29)25-19-7-5-6-14(2)15(19)3/h5-11,18,21,24,27H,4,12-13H2,1-3H3,(H,25,29). The summed E-state index contributed by atoms with van der Waals surface area (Å²) in [6.07, 6.45) is -0.342. The Hall–Kier alpha value is -2.88. The van der Waals surface area contributed by atoms with Crippen LogP contribution in [0.4, 0.5) is 11.4 Å². The number of nitrogens with one attached hydrogen (secondary N) is 3. The van der Waals surface area contributed by atoms with Gasteiger partial charge in [-0.05, 0) is 62.2 Å². The number of fused-ring (bicyclic) bond motifs is 1. The maximum atomic E-state index is 13.3. The van der Waals surface area contributed by atoms with E-state index in [1.54, 1.807) is 4.90 Å². The normalized spacial score (nSPS) is 20.0. The van der Waals surface area contributed by atoms with Gasteiger partial charge < -0.3 is 10.1 Å². The van der Waals surface area contributed by atoms with Gasteiger partial charge in [0.25, 0.3) is 0 Å². The molecule has 2 aromatic rings. The van der Waals surface area contributed by atoms with Gasteiger partial charge in [0.15, 0.2) is 5.17 Å². The molecule has 0 aromatic heterocycles. The lowest BCUT2D eigenvalue weighted by molar-refractivity contribution is -0.121. The highest BCUT2D eigenvalue weighted by atomic mass is 32.2. The molecular formula is C23H27N5O3S. The molecule has 2 heterocycles. The van der Waals surface area contributed by atoms with Crippen molar-refractivity contribution < 1.29 is 14.3 Å². The Morgan fingerprint density at radius 3 is 2.78 bits per heavy atom. The van der Waals surface area contributed by atoms with E-state index < -0.39 is 0 Å². The average Bonchev–Trinajstić information content (AvgIpc) is 3.26. The Labute approximate surface area is 191 Å². The molecule has 0 radical (unpaired) electrons. The Bertz CT molecular complexity index is 1040. The number of amides is 2. The van der Waals surface area contributed by atoms with Crippen LogP contribution in [0.3, 0.4) is 0 Å². The van der Waals surface area contributed by atoms with E-state index in [2.05, 4.69) is 16.2 Å². The van der Waals surface area contributed by atoms with E-state index in [-0.39, 0.29) is 29.7 Å². The molecule has 9 heteroatoms. The Morgan fingerprint density at radius 1 is 1.25 bits per heavy atom. The van der Waals surface area contributed by atoms with Crippen LogP contribution in [0.5, 0.6) is 5.75 Å². The number of hydrogen-bond acceptors (Lipinski definition) is 7. The SMILES string of the molecule is CCOc1ccc(N2C(=O)C3CNNC3N=C2SCC(=O)Nc2cccc(C)c2C)cc1.